The van der Waals surface area contributed by atoms with Crippen LogP contribution in [-0.4, -0.2) is 29.9 Å². The third kappa shape index (κ3) is 3.51. The Morgan fingerprint density at radius 1 is 1.00 bits per heavy atom. The number of rotatable bonds is 5. The van der Waals surface area contributed by atoms with E-state index < -0.39 is 0 Å². The van der Waals surface area contributed by atoms with Crippen LogP contribution in [0.15, 0.2) is 60.0 Å². The molecule has 0 saturated heterocycles. The van der Waals surface area contributed by atoms with Crippen LogP contribution in [0.2, 0.25) is 0 Å². The summed E-state index contributed by atoms with van der Waals surface area (Å²) in [7, 11) is 0. The Bertz CT molecular complexity index is 982. The maximum atomic E-state index is 4.37. The second-order valence-corrected chi connectivity index (χ2v) is 6.66. The van der Waals surface area contributed by atoms with Crippen molar-refractivity contribution in [2.24, 2.45) is 0 Å². The van der Waals surface area contributed by atoms with Crippen molar-refractivity contribution in [3.63, 3.8) is 0 Å². The van der Waals surface area contributed by atoms with Gasteiger partial charge >= 0.3 is 0 Å². The highest BCUT2D eigenvalue weighted by molar-refractivity contribution is 7.98. The van der Waals surface area contributed by atoms with Gasteiger partial charge in [-0.05, 0) is 24.6 Å². The van der Waals surface area contributed by atoms with Gasteiger partial charge in [0.15, 0.2) is 11.2 Å². The van der Waals surface area contributed by atoms with Gasteiger partial charge in [0.05, 0.1) is 12.2 Å². The Morgan fingerprint density at radius 3 is 2.68 bits per heavy atom. The molecule has 0 saturated carbocycles. The van der Waals surface area contributed by atoms with E-state index in [1.54, 1.807) is 24.3 Å². The molecule has 0 fully saturated rings. The van der Waals surface area contributed by atoms with Crippen molar-refractivity contribution in [2.75, 3.05) is 0 Å². The summed E-state index contributed by atoms with van der Waals surface area (Å²) in [4.78, 5) is 13.1. The Balaban J connectivity index is 1.58. The lowest BCUT2D eigenvalue weighted by Gasteiger charge is -2.03. The van der Waals surface area contributed by atoms with Crippen LogP contribution in [0.5, 0.6) is 0 Å². The highest BCUT2D eigenvalue weighted by Gasteiger charge is 2.12. The number of aromatic nitrogens is 6. The fourth-order valence-electron chi connectivity index (χ4n) is 2.48. The third-order valence-electron chi connectivity index (χ3n) is 3.80. The van der Waals surface area contributed by atoms with Gasteiger partial charge in [-0.3, -0.25) is 4.98 Å². The molecule has 0 atom stereocenters. The molecule has 4 aromatic rings. The van der Waals surface area contributed by atoms with Crippen molar-refractivity contribution in [1.82, 2.24) is 29.9 Å². The summed E-state index contributed by atoms with van der Waals surface area (Å²) >= 11 is 1.60. The van der Waals surface area contributed by atoms with Crippen molar-refractivity contribution in [3.05, 3.63) is 71.8 Å². The minimum absolute atomic E-state index is 0.637. The zero-order chi connectivity index (χ0) is 17.1. The first-order chi connectivity index (χ1) is 12.3. The van der Waals surface area contributed by atoms with Gasteiger partial charge in [0, 0.05) is 11.9 Å². The molecule has 0 radical (unpaired) electrons. The van der Waals surface area contributed by atoms with Crippen LogP contribution in [0.25, 0.3) is 11.2 Å². The summed E-state index contributed by atoms with van der Waals surface area (Å²) in [5.74, 6) is 0.734. The molecule has 0 spiro atoms. The van der Waals surface area contributed by atoms with E-state index in [-0.39, 0.29) is 0 Å². The largest absolute Gasteiger partial charge is 0.260 e. The highest BCUT2D eigenvalue weighted by Crippen LogP contribution is 2.25. The Hall–Kier alpha value is -2.80. The van der Waals surface area contributed by atoms with Crippen LogP contribution in [0.3, 0.4) is 0 Å². The number of hydrogen-bond acceptors (Lipinski definition) is 6. The normalized spacial score (nSPS) is 11.1. The van der Waals surface area contributed by atoms with Crippen molar-refractivity contribution < 1.29 is 0 Å². The van der Waals surface area contributed by atoms with Gasteiger partial charge in [-0.1, -0.05) is 52.9 Å². The molecule has 4 rings (SSSR count). The van der Waals surface area contributed by atoms with Gasteiger partial charge in [0.25, 0.3) is 0 Å². The maximum absolute atomic E-state index is 4.37. The van der Waals surface area contributed by atoms with Crippen LogP contribution in [0, 0.1) is 6.92 Å². The fourth-order valence-corrected chi connectivity index (χ4v) is 3.32. The minimum Gasteiger partial charge on any atom is -0.260 e. The standard InChI is InChI=1S/C18H16N6S/c1-13-5-7-14(8-6-13)10-24-17-16(22-23-24)18(21-12-20-17)25-11-15-4-2-3-9-19-15/h2-9,12H,10-11H2,1H3. The zero-order valence-electron chi connectivity index (χ0n) is 13.7. The molecule has 0 aliphatic carbocycles. The number of thioether (sulfide) groups is 1. The predicted octanol–water partition coefficient (Wildman–Crippen LogP) is 3.27. The monoisotopic (exact) mass is 348 g/mol. The molecule has 0 amide bonds. The topological polar surface area (TPSA) is 69.4 Å². The first kappa shape index (κ1) is 15.7. The van der Waals surface area contributed by atoms with Crippen molar-refractivity contribution >= 4 is 22.9 Å². The molecular weight excluding hydrogens is 332 g/mol. The maximum Gasteiger partial charge on any atom is 0.183 e. The zero-order valence-corrected chi connectivity index (χ0v) is 14.5. The first-order valence-corrected chi connectivity index (χ1v) is 8.90. The van der Waals surface area contributed by atoms with E-state index >= 15 is 0 Å². The first-order valence-electron chi connectivity index (χ1n) is 7.92. The van der Waals surface area contributed by atoms with Crippen LogP contribution in [0.1, 0.15) is 16.8 Å². The molecule has 124 valence electrons. The summed E-state index contributed by atoms with van der Waals surface area (Å²) in [6, 6.07) is 14.3. The summed E-state index contributed by atoms with van der Waals surface area (Å²) in [5.41, 5.74) is 4.89. The average molecular weight is 348 g/mol. The van der Waals surface area contributed by atoms with Gasteiger partial charge in [-0.25, -0.2) is 14.6 Å². The lowest BCUT2D eigenvalue weighted by molar-refractivity contribution is 0.664. The average Bonchev–Trinajstić information content (AvgIpc) is 3.06. The number of nitrogens with zero attached hydrogens (tertiary/aromatic N) is 6. The summed E-state index contributed by atoms with van der Waals surface area (Å²) < 4.78 is 1.81. The smallest absolute Gasteiger partial charge is 0.183 e. The predicted molar refractivity (Wildman–Crippen MR) is 97.2 cm³/mol. The molecule has 0 N–H and O–H groups in total. The molecule has 0 aliphatic rings. The number of aryl methyl sites for hydroxylation is 1. The quantitative estimate of drug-likeness (QED) is 0.407. The summed E-state index contributed by atoms with van der Waals surface area (Å²) in [6.45, 7) is 2.71. The molecule has 0 bridgehead atoms. The lowest BCUT2D eigenvalue weighted by Crippen LogP contribution is -2.03. The molecule has 3 aromatic heterocycles. The van der Waals surface area contributed by atoms with E-state index in [2.05, 4.69) is 56.5 Å². The Labute approximate surface area is 149 Å². The number of fused-ring (bicyclic) bond motifs is 1. The second kappa shape index (κ2) is 6.98. The molecule has 7 heteroatoms. The summed E-state index contributed by atoms with van der Waals surface area (Å²) in [5, 5.41) is 9.38. The Kier molecular flexibility index (Phi) is 4.39. The van der Waals surface area contributed by atoms with Crippen molar-refractivity contribution in [2.45, 2.75) is 24.2 Å². The van der Waals surface area contributed by atoms with E-state index in [0.717, 1.165) is 27.6 Å². The van der Waals surface area contributed by atoms with Crippen LogP contribution in [-0.2, 0) is 12.3 Å². The van der Waals surface area contributed by atoms with Gasteiger partial charge in [0.1, 0.15) is 11.4 Å². The molecule has 25 heavy (non-hydrogen) atoms. The van der Waals surface area contributed by atoms with E-state index in [4.69, 9.17) is 0 Å². The van der Waals surface area contributed by atoms with Crippen molar-refractivity contribution in [1.29, 1.82) is 0 Å². The SMILES string of the molecule is Cc1ccc(Cn2nnc3c(SCc4ccccn4)ncnc32)cc1. The van der Waals surface area contributed by atoms with Crippen LogP contribution < -0.4 is 0 Å². The molecular formula is C18H16N6S. The van der Waals surface area contributed by atoms with Crippen LogP contribution >= 0.6 is 11.8 Å². The third-order valence-corrected chi connectivity index (χ3v) is 4.81. The minimum atomic E-state index is 0.637. The molecule has 3 heterocycles. The number of pyridine rings is 1. The number of benzene rings is 1. The Morgan fingerprint density at radius 2 is 1.88 bits per heavy atom. The van der Waals surface area contributed by atoms with Gasteiger partial charge in [0.2, 0.25) is 0 Å². The summed E-state index contributed by atoms with van der Waals surface area (Å²) in [6.07, 6.45) is 3.36. The fraction of sp³-hybridized carbons (Fsp3) is 0.167. The van der Waals surface area contributed by atoms with E-state index in [1.807, 2.05) is 22.9 Å². The van der Waals surface area contributed by atoms with E-state index in [1.165, 1.54) is 11.1 Å². The highest BCUT2D eigenvalue weighted by atomic mass is 32.2. The molecule has 0 unspecified atom stereocenters. The van der Waals surface area contributed by atoms with E-state index in [9.17, 15) is 0 Å². The van der Waals surface area contributed by atoms with Crippen LogP contribution in [0.4, 0.5) is 0 Å². The van der Waals surface area contributed by atoms with Gasteiger partial charge in [-0.2, -0.15) is 0 Å². The molecule has 6 nitrogen and oxygen atoms in total. The molecule has 1 aromatic carbocycles. The van der Waals surface area contributed by atoms with Gasteiger partial charge < -0.3 is 0 Å². The van der Waals surface area contributed by atoms with Gasteiger partial charge in [-0.15, -0.1) is 5.10 Å². The molecule has 0 aliphatic heterocycles. The lowest BCUT2D eigenvalue weighted by atomic mass is 10.1. The van der Waals surface area contributed by atoms with Crippen molar-refractivity contribution in [3.8, 4) is 0 Å². The second-order valence-electron chi connectivity index (χ2n) is 5.69. The number of hydrogen-bond donors (Lipinski definition) is 0. The van der Waals surface area contributed by atoms with E-state index in [0.29, 0.717) is 6.54 Å².